The molecule has 154 valence electrons. The van der Waals surface area contributed by atoms with E-state index in [0.717, 1.165) is 25.3 Å². The highest BCUT2D eigenvalue weighted by Gasteiger charge is 2.23. The highest BCUT2D eigenvalue weighted by atomic mass is 127. The van der Waals surface area contributed by atoms with Gasteiger partial charge in [0.2, 0.25) is 0 Å². The molecule has 1 unspecified atom stereocenters. The molecule has 1 fully saturated rings. The number of aliphatic imine (C=N–C) groups is 1. The van der Waals surface area contributed by atoms with Crippen LogP contribution >= 0.6 is 24.0 Å². The van der Waals surface area contributed by atoms with Gasteiger partial charge in [-0.2, -0.15) is 0 Å². The number of rotatable bonds is 6. The van der Waals surface area contributed by atoms with Gasteiger partial charge < -0.3 is 10.6 Å². The molecule has 0 amide bonds. The Bertz CT molecular complexity index is 593. The minimum absolute atomic E-state index is 0. The summed E-state index contributed by atoms with van der Waals surface area (Å²) < 4.78 is 12.0. The summed E-state index contributed by atoms with van der Waals surface area (Å²) in [5, 5.41) is 6.91. The van der Waals surface area contributed by atoms with Crippen molar-refractivity contribution in [3.05, 3.63) is 35.9 Å². The SMILES string of the molecule is CCNC(=NCCS(=O)C(C)(C)C)NC1CCC(c2ccccc2)CC1.I. The molecule has 1 atom stereocenters. The van der Waals surface area contributed by atoms with Gasteiger partial charge >= 0.3 is 0 Å². The lowest BCUT2D eigenvalue weighted by Crippen LogP contribution is -2.45. The van der Waals surface area contributed by atoms with Crippen LogP contribution in [0, 0.1) is 0 Å². The van der Waals surface area contributed by atoms with Gasteiger partial charge in [0.05, 0.1) is 6.54 Å². The Balaban J connectivity index is 0.00000364. The zero-order valence-electron chi connectivity index (χ0n) is 17.2. The summed E-state index contributed by atoms with van der Waals surface area (Å²) in [5.74, 6) is 2.16. The maximum atomic E-state index is 12.2. The minimum atomic E-state index is -0.853. The maximum absolute atomic E-state index is 12.2. The highest BCUT2D eigenvalue weighted by Crippen LogP contribution is 2.32. The van der Waals surface area contributed by atoms with Gasteiger partial charge in [0, 0.05) is 33.9 Å². The van der Waals surface area contributed by atoms with Crippen molar-refractivity contribution in [1.82, 2.24) is 10.6 Å². The maximum Gasteiger partial charge on any atom is 0.191 e. The Morgan fingerprint density at radius 1 is 1.15 bits per heavy atom. The van der Waals surface area contributed by atoms with Crippen LogP contribution in [-0.2, 0) is 10.8 Å². The molecule has 0 radical (unpaired) electrons. The topological polar surface area (TPSA) is 53.5 Å². The van der Waals surface area contributed by atoms with Crippen molar-refractivity contribution in [2.24, 2.45) is 4.99 Å². The number of benzene rings is 1. The summed E-state index contributed by atoms with van der Waals surface area (Å²) in [6.45, 7) is 9.56. The Hall–Kier alpha value is -0.630. The first-order valence-corrected chi connectivity index (χ1v) is 11.2. The van der Waals surface area contributed by atoms with Gasteiger partial charge in [-0.05, 0) is 64.9 Å². The van der Waals surface area contributed by atoms with Gasteiger partial charge in [0.25, 0.3) is 0 Å². The van der Waals surface area contributed by atoms with Crippen molar-refractivity contribution in [2.45, 2.75) is 70.1 Å². The van der Waals surface area contributed by atoms with Crippen LogP contribution in [-0.4, -0.2) is 39.8 Å². The second kappa shape index (κ2) is 12.0. The van der Waals surface area contributed by atoms with Crippen LogP contribution in [0.15, 0.2) is 35.3 Å². The predicted molar refractivity (Wildman–Crippen MR) is 129 cm³/mol. The fraction of sp³-hybridized carbons (Fsp3) is 0.667. The van der Waals surface area contributed by atoms with Crippen LogP contribution in [0.5, 0.6) is 0 Å². The van der Waals surface area contributed by atoms with E-state index in [2.05, 4.69) is 52.9 Å². The molecule has 0 aromatic heterocycles. The Morgan fingerprint density at radius 2 is 1.78 bits per heavy atom. The van der Waals surface area contributed by atoms with E-state index in [1.807, 2.05) is 20.8 Å². The van der Waals surface area contributed by atoms with Crippen molar-refractivity contribution in [2.75, 3.05) is 18.8 Å². The molecule has 4 nitrogen and oxygen atoms in total. The van der Waals surface area contributed by atoms with E-state index in [0.29, 0.717) is 24.3 Å². The first kappa shape index (κ1) is 24.4. The smallest absolute Gasteiger partial charge is 0.191 e. The van der Waals surface area contributed by atoms with E-state index in [-0.39, 0.29) is 28.7 Å². The number of nitrogens with zero attached hydrogens (tertiary/aromatic N) is 1. The lowest BCUT2D eigenvalue weighted by atomic mass is 9.82. The fourth-order valence-electron chi connectivity index (χ4n) is 3.36. The van der Waals surface area contributed by atoms with E-state index in [4.69, 9.17) is 0 Å². The lowest BCUT2D eigenvalue weighted by molar-refractivity contribution is 0.371. The Labute approximate surface area is 184 Å². The molecule has 0 spiro atoms. The lowest BCUT2D eigenvalue weighted by Gasteiger charge is -2.30. The van der Waals surface area contributed by atoms with Gasteiger partial charge in [-0.15, -0.1) is 24.0 Å². The largest absolute Gasteiger partial charge is 0.357 e. The number of guanidine groups is 1. The summed E-state index contributed by atoms with van der Waals surface area (Å²) in [5.41, 5.74) is 1.47. The van der Waals surface area contributed by atoms with Gasteiger partial charge in [-0.1, -0.05) is 30.3 Å². The number of hydrogen-bond acceptors (Lipinski definition) is 2. The summed E-state index contributed by atoms with van der Waals surface area (Å²) in [4.78, 5) is 4.64. The van der Waals surface area contributed by atoms with Crippen molar-refractivity contribution >= 4 is 40.7 Å². The van der Waals surface area contributed by atoms with Gasteiger partial charge in [0.1, 0.15) is 0 Å². The molecule has 1 aromatic rings. The molecular formula is C21H36IN3OS. The van der Waals surface area contributed by atoms with E-state index in [9.17, 15) is 4.21 Å². The van der Waals surface area contributed by atoms with Crippen molar-refractivity contribution in [3.8, 4) is 0 Å². The van der Waals surface area contributed by atoms with Crippen LogP contribution in [0.25, 0.3) is 0 Å². The van der Waals surface area contributed by atoms with Crippen LogP contribution in [0.1, 0.15) is 64.9 Å². The van der Waals surface area contributed by atoms with Crippen LogP contribution in [0.4, 0.5) is 0 Å². The Kier molecular flexibility index (Phi) is 10.9. The minimum Gasteiger partial charge on any atom is -0.357 e. The van der Waals surface area contributed by atoms with Crippen LogP contribution < -0.4 is 10.6 Å². The molecule has 27 heavy (non-hydrogen) atoms. The van der Waals surface area contributed by atoms with E-state index in [1.165, 1.54) is 18.4 Å². The second-order valence-corrected chi connectivity index (χ2v) is 10.4. The molecule has 1 aliphatic carbocycles. The first-order valence-electron chi connectivity index (χ1n) is 9.88. The normalized spacial score (nSPS) is 21.9. The van der Waals surface area contributed by atoms with E-state index in [1.54, 1.807) is 0 Å². The number of halogens is 1. The molecule has 1 aromatic carbocycles. The van der Waals surface area contributed by atoms with Crippen LogP contribution in [0.2, 0.25) is 0 Å². The molecule has 2 N–H and O–H groups in total. The molecule has 1 saturated carbocycles. The monoisotopic (exact) mass is 505 g/mol. The second-order valence-electron chi connectivity index (χ2n) is 8.03. The average Bonchev–Trinajstić information content (AvgIpc) is 2.62. The standard InChI is InChI=1S/C21H35N3OS.HI/c1-5-22-20(23-15-16-26(25)21(2,3)4)24-19-13-11-18(12-14-19)17-9-7-6-8-10-17;/h6-10,18-19H,5,11-16H2,1-4H3,(H2,22,23,24);1H. The van der Waals surface area contributed by atoms with Crippen LogP contribution in [0.3, 0.4) is 0 Å². The predicted octanol–water partition coefficient (Wildman–Crippen LogP) is 4.43. The third kappa shape index (κ3) is 8.50. The van der Waals surface area contributed by atoms with Crippen molar-refractivity contribution in [1.29, 1.82) is 0 Å². The molecule has 2 rings (SSSR count). The fourth-order valence-corrected chi connectivity index (χ4v) is 4.23. The summed E-state index contributed by atoms with van der Waals surface area (Å²) in [6, 6.07) is 11.3. The molecule has 0 heterocycles. The van der Waals surface area contributed by atoms with Gasteiger partial charge in [-0.25, -0.2) is 0 Å². The quantitative estimate of drug-likeness (QED) is 0.342. The first-order chi connectivity index (χ1) is 12.4. The molecule has 1 aliphatic rings. The van der Waals surface area contributed by atoms with E-state index >= 15 is 0 Å². The van der Waals surface area contributed by atoms with E-state index < -0.39 is 10.8 Å². The Morgan fingerprint density at radius 3 is 2.33 bits per heavy atom. The zero-order chi connectivity index (χ0) is 19.0. The van der Waals surface area contributed by atoms with Crippen molar-refractivity contribution < 1.29 is 4.21 Å². The molecule has 0 aliphatic heterocycles. The number of hydrogen-bond donors (Lipinski definition) is 2. The van der Waals surface area contributed by atoms with Gasteiger partial charge in [-0.3, -0.25) is 9.20 Å². The zero-order valence-corrected chi connectivity index (χ0v) is 20.3. The summed E-state index contributed by atoms with van der Waals surface area (Å²) in [6.07, 6.45) is 4.76. The average molecular weight is 506 g/mol. The highest BCUT2D eigenvalue weighted by molar-refractivity contribution is 14.0. The molecule has 0 saturated heterocycles. The third-order valence-electron chi connectivity index (χ3n) is 4.91. The summed E-state index contributed by atoms with van der Waals surface area (Å²) in [7, 11) is -0.853. The molecule has 6 heteroatoms. The molecular weight excluding hydrogens is 469 g/mol. The van der Waals surface area contributed by atoms with Gasteiger partial charge in [0.15, 0.2) is 5.96 Å². The number of nitrogens with one attached hydrogen (secondary N) is 2. The summed E-state index contributed by atoms with van der Waals surface area (Å²) >= 11 is 0. The third-order valence-corrected chi connectivity index (χ3v) is 6.83. The van der Waals surface area contributed by atoms with Crippen molar-refractivity contribution in [3.63, 3.8) is 0 Å². The molecule has 0 bridgehead atoms.